The summed E-state index contributed by atoms with van der Waals surface area (Å²) in [5, 5.41) is 0. The quantitative estimate of drug-likeness (QED) is 0.823. The minimum Gasteiger partial charge on any atom is -0.320 e. The van der Waals surface area contributed by atoms with E-state index in [0.717, 1.165) is 26.7 Å². The van der Waals surface area contributed by atoms with Crippen molar-refractivity contribution in [3.8, 4) is 11.8 Å². The van der Waals surface area contributed by atoms with Crippen LogP contribution in [0.5, 0.6) is 0 Å². The van der Waals surface area contributed by atoms with E-state index in [1.165, 1.54) is 11.3 Å². The summed E-state index contributed by atoms with van der Waals surface area (Å²) >= 11 is 8.40. The van der Waals surface area contributed by atoms with Crippen LogP contribution in [0.25, 0.3) is 0 Å². The lowest BCUT2D eigenvalue weighted by molar-refractivity contribution is 0.584. The number of thiophene rings is 2. The molecule has 0 atom stereocenters. The molecule has 0 spiro atoms. The first kappa shape index (κ1) is 16.5. The topological polar surface area (TPSA) is 72.2 Å². The van der Waals surface area contributed by atoms with Crippen LogP contribution >= 0.6 is 34.3 Å². The van der Waals surface area contributed by atoms with Crippen molar-refractivity contribution in [2.75, 3.05) is 6.54 Å². The van der Waals surface area contributed by atoms with Gasteiger partial charge in [0, 0.05) is 11.4 Å². The van der Waals surface area contributed by atoms with Crippen molar-refractivity contribution in [1.29, 1.82) is 0 Å². The number of aryl methyl sites for hydroxylation is 1. The predicted molar refractivity (Wildman–Crippen MR) is 88.3 cm³/mol. The van der Waals surface area contributed by atoms with E-state index in [9.17, 15) is 8.42 Å². The Morgan fingerprint density at radius 2 is 2.14 bits per heavy atom. The van der Waals surface area contributed by atoms with Gasteiger partial charge in [0.1, 0.15) is 4.21 Å². The maximum Gasteiger partial charge on any atom is 0.250 e. The smallest absolute Gasteiger partial charge is 0.250 e. The third-order valence-electron chi connectivity index (χ3n) is 2.51. The van der Waals surface area contributed by atoms with Crippen LogP contribution < -0.4 is 10.5 Å². The van der Waals surface area contributed by atoms with E-state index < -0.39 is 10.0 Å². The van der Waals surface area contributed by atoms with Crippen LogP contribution in [0.4, 0.5) is 0 Å². The maximum absolute atomic E-state index is 12.2. The van der Waals surface area contributed by atoms with Crippen LogP contribution in [0.15, 0.2) is 22.4 Å². The van der Waals surface area contributed by atoms with Gasteiger partial charge in [0.25, 0.3) is 0 Å². The van der Waals surface area contributed by atoms with Crippen LogP contribution in [0.1, 0.15) is 15.3 Å². The van der Waals surface area contributed by atoms with Crippen molar-refractivity contribution in [2.45, 2.75) is 17.7 Å². The molecule has 0 saturated carbocycles. The average molecular weight is 361 g/mol. The van der Waals surface area contributed by atoms with Gasteiger partial charge in [-0.3, -0.25) is 0 Å². The number of sulfonamides is 1. The molecule has 3 N–H and O–H groups in total. The highest BCUT2D eigenvalue weighted by molar-refractivity contribution is 7.91. The molecule has 0 aliphatic heterocycles. The molecule has 0 saturated heterocycles. The highest BCUT2D eigenvalue weighted by Crippen LogP contribution is 2.30. The molecule has 0 aliphatic rings. The number of rotatable bonds is 4. The van der Waals surface area contributed by atoms with E-state index >= 15 is 0 Å². The fourth-order valence-corrected chi connectivity index (χ4v) is 5.15. The number of hydrogen-bond donors (Lipinski definition) is 2. The van der Waals surface area contributed by atoms with Crippen molar-refractivity contribution in [1.82, 2.24) is 4.72 Å². The zero-order valence-corrected chi connectivity index (χ0v) is 14.3. The second kappa shape index (κ2) is 6.92. The lowest BCUT2D eigenvalue weighted by Crippen LogP contribution is -2.21. The van der Waals surface area contributed by atoms with Crippen LogP contribution in [-0.2, 0) is 16.6 Å². The Morgan fingerprint density at radius 3 is 2.76 bits per heavy atom. The van der Waals surface area contributed by atoms with Crippen molar-refractivity contribution in [2.24, 2.45) is 5.73 Å². The van der Waals surface area contributed by atoms with E-state index in [4.69, 9.17) is 17.3 Å². The van der Waals surface area contributed by atoms with E-state index in [2.05, 4.69) is 16.6 Å². The van der Waals surface area contributed by atoms with E-state index in [1.807, 2.05) is 12.1 Å². The molecule has 4 nitrogen and oxygen atoms in total. The summed E-state index contributed by atoms with van der Waals surface area (Å²) in [5.74, 6) is 5.68. The van der Waals surface area contributed by atoms with Crippen LogP contribution in [-0.4, -0.2) is 15.0 Å². The van der Waals surface area contributed by atoms with Crippen molar-refractivity contribution >= 4 is 44.3 Å². The Balaban J connectivity index is 2.06. The molecule has 2 aromatic rings. The number of nitrogens with one attached hydrogen (secondary N) is 1. The summed E-state index contributed by atoms with van der Waals surface area (Å²) < 4.78 is 27.6. The molecule has 0 amide bonds. The van der Waals surface area contributed by atoms with Gasteiger partial charge < -0.3 is 5.73 Å². The van der Waals surface area contributed by atoms with Crippen LogP contribution in [0.2, 0.25) is 4.34 Å². The molecule has 0 aromatic carbocycles. The number of hydrogen-bond acceptors (Lipinski definition) is 5. The summed E-state index contributed by atoms with van der Waals surface area (Å²) in [5.41, 5.74) is 6.07. The molecule has 0 aliphatic carbocycles. The fraction of sp³-hybridized carbons (Fsp3) is 0.231. The Kier molecular flexibility index (Phi) is 5.43. The van der Waals surface area contributed by atoms with E-state index in [0.29, 0.717) is 10.9 Å². The monoisotopic (exact) mass is 360 g/mol. The number of halogens is 1. The molecule has 2 aromatic heterocycles. The highest BCUT2D eigenvalue weighted by atomic mass is 35.5. The lowest BCUT2D eigenvalue weighted by atomic mass is 10.4. The van der Waals surface area contributed by atoms with Gasteiger partial charge in [0.05, 0.1) is 15.8 Å². The number of nitrogens with two attached hydrogens (primary N) is 1. The van der Waals surface area contributed by atoms with Crippen molar-refractivity contribution < 1.29 is 8.42 Å². The van der Waals surface area contributed by atoms with E-state index in [1.54, 1.807) is 13.0 Å². The molecule has 2 heterocycles. The Morgan fingerprint density at radius 1 is 1.38 bits per heavy atom. The van der Waals surface area contributed by atoms with Gasteiger partial charge in [-0.2, -0.15) is 0 Å². The fourth-order valence-electron chi connectivity index (χ4n) is 1.48. The van der Waals surface area contributed by atoms with Gasteiger partial charge >= 0.3 is 0 Å². The third-order valence-corrected chi connectivity index (χ3v) is 6.94. The Bertz CT molecular complexity index is 777. The summed E-state index contributed by atoms with van der Waals surface area (Å²) in [4.78, 5) is 1.75. The standard InChI is InChI=1S/C13H13ClN2O2S3/c1-9-7-12(20-13(9)14)21(17,18)16-8-11-5-4-10(19-11)3-2-6-15/h4-5,7,16H,6,8,15H2,1H3. The largest absolute Gasteiger partial charge is 0.320 e. The van der Waals surface area contributed by atoms with Gasteiger partial charge in [0.2, 0.25) is 10.0 Å². The minimum absolute atomic E-state index is 0.227. The van der Waals surface area contributed by atoms with Gasteiger partial charge in [-0.15, -0.1) is 22.7 Å². The first-order chi connectivity index (χ1) is 9.92. The summed E-state index contributed by atoms with van der Waals surface area (Å²) in [7, 11) is -3.53. The molecular formula is C13H13ClN2O2S3. The Hall–Kier alpha value is -0.880. The summed E-state index contributed by atoms with van der Waals surface area (Å²) in [6.07, 6.45) is 0. The van der Waals surface area contributed by atoms with Crippen molar-refractivity contribution in [3.63, 3.8) is 0 Å². The minimum atomic E-state index is -3.53. The van der Waals surface area contributed by atoms with Crippen LogP contribution in [0, 0.1) is 18.8 Å². The van der Waals surface area contributed by atoms with Gasteiger partial charge in [-0.05, 0) is 30.7 Å². The van der Waals surface area contributed by atoms with Crippen molar-refractivity contribution in [3.05, 3.63) is 37.9 Å². The molecule has 2 rings (SSSR count). The third kappa shape index (κ3) is 4.30. The zero-order valence-electron chi connectivity index (χ0n) is 11.1. The highest BCUT2D eigenvalue weighted by Gasteiger charge is 2.18. The maximum atomic E-state index is 12.2. The van der Waals surface area contributed by atoms with E-state index in [-0.39, 0.29) is 10.8 Å². The molecular weight excluding hydrogens is 348 g/mol. The lowest BCUT2D eigenvalue weighted by Gasteiger charge is -2.02. The molecule has 0 bridgehead atoms. The molecule has 0 radical (unpaired) electrons. The molecule has 8 heteroatoms. The molecule has 21 heavy (non-hydrogen) atoms. The average Bonchev–Trinajstić information content (AvgIpc) is 3.02. The van der Waals surface area contributed by atoms with Gasteiger partial charge in [0.15, 0.2) is 0 Å². The molecule has 112 valence electrons. The van der Waals surface area contributed by atoms with Gasteiger partial charge in [-0.25, -0.2) is 13.1 Å². The normalized spacial score (nSPS) is 11.2. The summed E-state index contributed by atoms with van der Waals surface area (Å²) in [6.45, 7) is 2.31. The first-order valence-electron chi connectivity index (χ1n) is 5.95. The van der Waals surface area contributed by atoms with Crippen LogP contribution in [0.3, 0.4) is 0 Å². The van der Waals surface area contributed by atoms with Gasteiger partial charge in [-0.1, -0.05) is 23.4 Å². The second-order valence-corrected chi connectivity index (χ2v) is 8.93. The molecule has 0 unspecified atom stereocenters. The predicted octanol–water partition coefficient (Wildman–Crippen LogP) is 2.56. The second-order valence-electron chi connectivity index (χ2n) is 4.12. The SMILES string of the molecule is Cc1cc(S(=O)(=O)NCc2ccc(C#CCN)s2)sc1Cl. The zero-order chi connectivity index (χ0) is 15.5. The summed E-state index contributed by atoms with van der Waals surface area (Å²) in [6, 6.07) is 5.27. The first-order valence-corrected chi connectivity index (χ1v) is 9.45. The Labute approximate surface area is 137 Å². The molecule has 0 fully saturated rings.